The normalized spacial score (nSPS) is 25.4. The first-order chi connectivity index (χ1) is 12.3. The Morgan fingerprint density at radius 3 is 2.76 bits per heavy atom. The Morgan fingerprint density at radius 2 is 2.04 bits per heavy atom. The number of nitrogens with one attached hydrogen (secondary N) is 2. The zero-order valence-corrected chi connectivity index (χ0v) is 14.4. The third-order valence-electron chi connectivity index (χ3n) is 5.22. The summed E-state index contributed by atoms with van der Waals surface area (Å²) in [7, 11) is 0. The lowest BCUT2D eigenvalue weighted by Gasteiger charge is -2.38. The molecule has 8 heteroatoms. The number of fused-ring (bicyclic) bond motifs is 3. The van der Waals surface area contributed by atoms with Gasteiger partial charge >= 0.3 is 0 Å². The molecule has 1 aromatic carbocycles. The number of hydrogen-bond acceptors (Lipinski definition) is 6. The lowest BCUT2D eigenvalue weighted by molar-refractivity contribution is 0.0577. The number of para-hydroxylation sites is 1. The number of amides is 1. The van der Waals surface area contributed by atoms with Gasteiger partial charge in [-0.15, -0.1) is 0 Å². The van der Waals surface area contributed by atoms with Crippen molar-refractivity contribution >= 4 is 32.6 Å². The minimum atomic E-state index is -0.000290. The molecule has 2 aromatic heterocycles. The van der Waals surface area contributed by atoms with Gasteiger partial charge < -0.3 is 10.2 Å². The molecule has 2 fully saturated rings. The number of nitrogens with zero attached hydrogens (tertiary/aromatic N) is 4. The van der Waals surface area contributed by atoms with Crippen LogP contribution < -0.4 is 5.32 Å². The molecule has 7 nitrogen and oxygen atoms in total. The molecule has 2 saturated heterocycles. The van der Waals surface area contributed by atoms with E-state index in [4.69, 9.17) is 0 Å². The molecule has 0 saturated carbocycles. The van der Waals surface area contributed by atoms with Gasteiger partial charge in [0.25, 0.3) is 5.91 Å². The molecule has 1 amide bonds. The van der Waals surface area contributed by atoms with Crippen LogP contribution in [0.1, 0.15) is 36.2 Å². The predicted molar refractivity (Wildman–Crippen MR) is 95.6 cm³/mol. The molecule has 2 unspecified atom stereocenters. The second-order valence-electron chi connectivity index (χ2n) is 6.75. The molecule has 5 rings (SSSR count). The summed E-state index contributed by atoms with van der Waals surface area (Å²) in [5.74, 6) is -0.000290. The standard InChI is InChI=1S/C17H18N6OS/c24-16(14-9-18-22-21-14)23-11-5-6-12(23)8-10(7-11)19-17-20-13-3-1-2-4-15(13)25-17/h1-4,9-12H,5-8H2,(H,19,20)(H,18,21,22). The van der Waals surface area contributed by atoms with Gasteiger partial charge in [0, 0.05) is 18.1 Å². The number of aromatic nitrogens is 4. The molecule has 25 heavy (non-hydrogen) atoms. The van der Waals surface area contributed by atoms with Crippen LogP contribution in [0.4, 0.5) is 5.13 Å². The van der Waals surface area contributed by atoms with E-state index in [1.807, 2.05) is 23.1 Å². The molecule has 2 bridgehead atoms. The fourth-order valence-corrected chi connectivity index (χ4v) is 5.11. The number of carbonyl (C=O) groups excluding carboxylic acids is 1. The Kier molecular flexibility index (Phi) is 3.44. The summed E-state index contributed by atoms with van der Waals surface area (Å²) in [6, 6.07) is 9.10. The van der Waals surface area contributed by atoms with Crippen LogP contribution in [0.3, 0.4) is 0 Å². The van der Waals surface area contributed by atoms with Gasteiger partial charge in [-0.3, -0.25) is 4.79 Å². The van der Waals surface area contributed by atoms with Gasteiger partial charge in [0.05, 0.1) is 16.4 Å². The van der Waals surface area contributed by atoms with E-state index in [9.17, 15) is 4.79 Å². The van der Waals surface area contributed by atoms with E-state index in [1.165, 1.54) is 10.9 Å². The van der Waals surface area contributed by atoms with Crippen molar-refractivity contribution in [2.75, 3.05) is 5.32 Å². The number of carbonyl (C=O) groups is 1. The smallest absolute Gasteiger partial charge is 0.276 e. The van der Waals surface area contributed by atoms with Crippen molar-refractivity contribution in [1.82, 2.24) is 25.3 Å². The van der Waals surface area contributed by atoms with Crippen LogP contribution in [-0.2, 0) is 0 Å². The van der Waals surface area contributed by atoms with E-state index in [-0.39, 0.29) is 18.0 Å². The Hall–Kier alpha value is -2.48. The lowest BCUT2D eigenvalue weighted by atomic mass is 9.97. The monoisotopic (exact) mass is 354 g/mol. The number of aromatic amines is 1. The summed E-state index contributed by atoms with van der Waals surface area (Å²) in [6.07, 6.45) is 5.54. The fraction of sp³-hybridized carbons (Fsp3) is 0.412. The largest absolute Gasteiger partial charge is 0.359 e. The minimum Gasteiger partial charge on any atom is -0.359 e. The maximum Gasteiger partial charge on any atom is 0.276 e. The summed E-state index contributed by atoms with van der Waals surface area (Å²) < 4.78 is 1.20. The molecule has 2 aliphatic rings. The third kappa shape index (κ3) is 2.57. The summed E-state index contributed by atoms with van der Waals surface area (Å²) >= 11 is 1.69. The number of thiazole rings is 1. The Balaban J connectivity index is 1.32. The van der Waals surface area contributed by atoms with Crippen molar-refractivity contribution in [3.63, 3.8) is 0 Å². The van der Waals surface area contributed by atoms with Crippen molar-refractivity contribution in [1.29, 1.82) is 0 Å². The molecule has 0 spiro atoms. The van der Waals surface area contributed by atoms with Crippen LogP contribution in [0.5, 0.6) is 0 Å². The maximum absolute atomic E-state index is 12.7. The molecule has 128 valence electrons. The molecule has 2 N–H and O–H groups in total. The first-order valence-corrected chi connectivity index (χ1v) is 9.40. The van der Waals surface area contributed by atoms with E-state index in [2.05, 4.69) is 31.8 Å². The second-order valence-corrected chi connectivity index (χ2v) is 7.78. The quantitative estimate of drug-likeness (QED) is 0.755. The number of anilines is 1. The van der Waals surface area contributed by atoms with Gasteiger partial charge in [0.2, 0.25) is 0 Å². The van der Waals surface area contributed by atoms with Crippen LogP contribution in [0.25, 0.3) is 10.2 Å². The van der Waals surface area contributed by atoms with Crippen molar-refractivity contribution in [3.8, 4) is 0 Å². The van der Waals surface area contributed by atoms with Crippen molar-refractivity contribution < 1.29 is 4.79 Å². The second kappa shape index (κ2) is 5.80. The van der Waals surface area contributed by atoms with Gasteiger partial charge in [0.15, 0.2) is 10.8 Å². The van der Waals surface area contributed by atoms with Crippen molar-refractivity contribution in [3.05, 3.63) is 36.2 Å². The molecular weight excluding hydrogens is 336 g/mol. The van der Waals surface area contributed by atoms with E-state index in [0.29, 0.717) is 11.7 Å². The summed E-state index contributed by atoms with van der Waals surface area (Å²) in [5, 5.41) is 14.8. The molecule has 4 heterocycles. The Labute approximate surface area is 148 Å². The summed E-state index contributed by atoms with van der Waals surface area (Å²) in [5.41, 5.74) is 1.45. The van der Waals surface area contributed by atoms with Gasteiger partial charge in [-0.05, 0) is 37.8 Å². The van der Waals surface area contributed by atoms with E-state index in [0.717, 1.165) is 36.3 Å². The maximum atomic E-state index is 12.7. The summed E-state index contributed by atoms with van der Waals surface area (Å²) in [4.78, 5) is 19.4. The average molecular weight is 354 g/mol. The first kappa shape index (κ1) is 14.8. The topological polar surface area (TPSA) is 86.8 Å². The van der Waals surface area contributed by atoms with Crippen LogP contribution >= 0.6 is 11.3 Å². The van der Waals surface area contributed by atoms with Gasteiger partial charge in [0.1, 0.15) is 0 Å². The SMILES string of the molecule is O=C(c1cn[nH]n1)N1C2CCC1CC(Nc1nc3ccccc3s1)C2. The van der Waals surface area contributed by atoms with Gasteiger partial charge in [-0.1, -0.05) is 23.5 Å². The third-order valence-corrected chi connectivity index (χ3v) is 6.19. The van der Waals surface area contributed by atoms with Crippen LogP contribution in [0.2, 0.25) is 0 Å². The number of hydrogen-bond donors (Lipinski definition) is 2. The Bertz CT molecular complexity index is 860. The number of benzene rings is 1. The molecule has 0 radical (unpaired) electrons. The number of rotatable bonds is 3. The molecule has 2 aliphatic heterocycles. The molecular formula is C17H18N6OS. The highest BCUT2D eigenvalue weighted by Gasteiger charge is 2.44. The number of H-pyrrole nitrogens is 1. The van der Waals surface area contributed by atoms with Crippen LogP contribution in [0.15, 0.2) is 30.5 Å². The van der Waals surface area contributed by atoms with Gasteiger partial charge in [-0.2, -0.15) is 15.4 Å². The van der Waals surface area contributed by atoms with Crippen LogP contribution in [0, 0.1) is 0 Å². The molecule has 0 aliphatic carbocycles. The zero-order valence-electron chi connectivity index (χ0n) is 13.6. The summed E-state index contributed by atoms with van der Waals surface area (Å²) in [6.45, 7) is 0. The van der Waals surface area contributed by atoms with Gasteiger partial charge in [-0.25, -0.2) is 4.98 Å². The van der Waals surface area contributed by atoms with Crippen LogP contribution in [-0.4, -0.2) is 49.3 Å². The highest BCUT2D eigenvalue weighted by Crippen LogP contribution is 2.38. The molecule has 3 aromatic rings. The lowest BCUT2D eigenvalue weighted by Crippen LogP contribution is -2.49. The highest BCUT2D eigenvalue weighted by atomic mass is 32.1. The Morgan fingerprint density at radius 1 is 1.24 bits per heavy atom. The highest BCUT2D eigenvalue weighted by molar-refractivity contribution is 7.22. The van der Waals surface area contributed by atoms with E-state index in [1.54, 1.807) is 11.3 Å². The average Bonchev–Trinajstić information content (AvgIpc) is 3.32. The predicted octanol–water partition coefficient (Wildman–Crippen LogP) is 2.66. The van der Waals surface area contributed by atoms with Crippen molar-refractivity contribution in [2.45, 2.75) is 43.8 Å². The molecule has 2 atom stereocenters. The van der Waals surface area contributed by atoms with E-state index < -0.39 is 0 Å². The fourth-order valence-electron chi connectivity index (χ4n) is 4.17. The minimum absolute atomic E-state index is 0.000290. The first-order valence-electron chi connectivity index (χ1n) is 8.58. The zero-order chi connectivity index (χ0) is 16.8. The van der Waals surface area contributed by atoms with E-state index >= 15 is 0 Å². The van der Waals surface area contributed by atoms with Crippen molar-refractivity contribution in [2.24, 2.45) is 0 Å². The number of piperidine rings is 1.